The lowest BCUT2D eigenvalue weighted by Gasteiger charge is -2.12. The van der Waals surface area contributed by atoms with E-state index in [0.717, 1.165) is 6.07 Å². The average Bonchev–Trinajstić information content (AvgIpc) is 2.39. The standard InChI is InChI=1S/C15H12F3NO/c16-15(17,18)13-9-5-4-6-11(13)10-14(20)19-12-7-2-1-3-8-12/h1-9H,10H2,(H,19,20). The van der Waals surface area contributed by atoms with Crippen molar-refractivity contribution in [2.24, 2.45) is 0 Å². The molecule has 0 aromatic heterocycles. The fraction of sp³-hybridized carbons (Fsp3) is 0.133. The minimum absolute atomic E-state index is 0.0339. The summed E-state index contributed by atoms with van der Waals surface area (Å²) >= 11 is 0. The number of benzene rings is 2. The number of hydrogen-bond donors (Lipinski definition) is 1. The molecule has 0 spiro atoms. The maximum absolute atomic E-state index is 12.8. The van der Waals surface area contributed by atoms with E-state index >= 15 is 0 Å². The topological polar surface area (TPSA) is 29.1 Å². The monoisotopic (exact) mass is 279 g/mol. The van der Waals surface area contributed by atoms with Crippen molar-refractivity contribution in [1.82, 2.24) is 0 Å². The third-order valence-corrected chi connectivity index (χ3v) is 2.73. The number of nitrogens with one attached hydrogen (secondary N) is 1. The zero-order valence-corrected chi connectivity index (χ0v) is 10.4. The van der Waals surface area contributed by atoms with Crippen LogP contribution in [0.4, 0.5) is 18.9 Å². The predicted molar refractivity (Wildman–Crippen MR) is 70.2 cm³/mol. The van der Waals surface area contributed by atoms with E-state index in [1.807, 2.05) is 0 Å². The Morgan fingerprint density at radius 1 is 0.950 bits per heavy atom. The van der Waals surface area contributed by atoms with E-state index in [0.29, 0.717) is 5.69 Å². The Hall–Kier alpha value is -2.30. The van der Waals surface area contributed by atoms with Crippen LogP contribution in [0.2, 0.25) is 0 Å². The van der Waals surface area contributed by atoms with Gasteiger partial charge in [0.15, 0.2) is 0 Å². The number of rotatable bonds is 3. The Morgan fingerprint density at radius 3 is 2.20 bits per heavy atom. The van der Waals surface area contributed by atoms with Gasteiger partial charge in [0.1, 0.15) is 0 Å². The highest BCUT2D eigenvalue weighted by Crippen LogP contribution is 2.32. The van der Waals surface area contributed by atoms with Crippen LogP contribution in [0.15, 0.2) is 54.6 Å². The fourth-order valence-corrected chi connectivity index (χ4v) is 1.85. The zero-order valence-electron chi connectivity index (χ0n) is 10.4. The number of hydrogen-bond acceptors (Lipinski definition) is 1. The molecule has 0 aliphatic heterocycles. The molecule has 0 fully saturated rings. The molecular formula is C15H12F3NO. The smallest absolute Gasteiger partial charge is 0.326 e. The molecule has 1 N–H and O–H groups in total. The summed E-state index contributed by atoms with van der Waals surface area (Å²) in [5.74, 6) is -0.479. The molecule has 2 rings (SSSR count). The Balaban J connectivity index is 2.13. The number of carbonyl (C=O) groups excluding carboxylic acids is 1. The molecule has 2 aromatic carbocycles. The summed E-state index contributed by atoms with van der Waals surface area (Å²) in [4.78, 5) is 11.8. The number of para-hydroxylation sites is 1. The van der Waals surface area contributed by atoms with Gasteiger partial charge in [0.05, 0.1) is 12.0 Å². The zero-order chi connectivity index (χ0) is 14.6. The molecule has 2 aromatic rings. The molecule has 104 valence electrons. The summed E-state index contributed by atoms with van der Waals surface area (Å²) in [6.07, 6.45) is -4.77. The van der Waals surface area contributed by atoms with Crippen LogP contribution in [0.3, 0.4) is 0 Å². The van der Waals surface area contributed by atoms with E-state index in [9.17, 15) is 18.0 Å². The molecule has 0 saturated carbocycles. The lowest BCUT2D eigenvalue weighted by Crippen LogP contribution is -2.17. The summed E-state index contributed by atoms with van der Waals surface area (Å²) in [7, 11) is 0. The van der Waals surface area contributed by atoms with Gasteiger partial charge in [-0.2, -0.15) is 13.2 Å². The van der Waals surface area contributed by atoms with Crippen LogP contribution in [-0.2, 0) is 17.4 Å². The Labute approximate surface area is 114 Å². The molecule has 0 radical (unpaired) electrons. The minimum atomic E-state index is -4.45. The highest BCUT2D eigenvalue weighted by atomic mass is 19.4. The van der Waals surface area contributed by atoms with E-state index < -0.39 is 17.6 Å². The molecule has 0 aliphatic carbocycles. The van der Waals surface area contributed by atoms with E-state index in [1.165, 1.54) is 18.2 Å². The van der Waals surface area contributed by atoms with Gasteiger partial charge in [-0.3, -0.25) is 4.79 Å². The van der Waals surface area contributed by atoms with Crippen molar-refractivity contribution in [1.29, 1.82) is 0 Å². The van der Waals surface area contributed by atoms with Crippen LogP contribution in [0.1, 0.15) is 11.1 Å². The normalized spacial score (nSPS) is 11.2. The van der Waals surface area contributed by atoms with Crippen molar-refractivity contribution in [3.63, 3.8) is 0 Å². The number of halogens is 3. The summed E-state index contributed by atoms with van der Waals surface area (Å²) < 4.78 is 38.4. The van der Waals surface area contributed by atoms with Gasteiger partial charge in [-0.1, -0.05) is 36.4 Å². The first-order valence-corrected chi connectivity index (χ1v) is 5.97. The molecule has 0 atom stereocenters. The molecule has 0 heterocycles. The highest BCUT2D eigenvalue weighted by molar-refractivity contribution is 5.92. The van der Waals surface area contributed by atoms with E-state index in [4.69, 9.17) is 0 Å². The van der Waals surface area contributed by atoms with Gasteiger partial charge in [-0.25, -0.2) is 0 Å². The Morgan fingerprint density at radius 2 is 1.55 bits per heavy atom. The van der Waals surface area contributed by atoms with Crippen molar-refractivity contribution in [2.45, 2.75) is 12.6 Å². The van der Waals surface area contributed by atoms with Crippen LogP contribution in [0, 0.1) is 0 Å². The molecule has 1 amide bonds. The molecule has 0 aliphatic rings. The minimum Gasteiger partial charge on any atom is -0.326 e. The molecule has 5 heteroatoms. The van der Waals surface area contributed by atoms with Crippen molar-refractivity contribution in [3.05, 3.63) is 65.7 Å². The molecular weight excluding hydrogens is 267 g/mol. The quantitative estimate of drug-likeness (QED) is 0.907. The lowest BCUT2D eigenvalue weighted by atomic mass is 10.0. The van der Waals surface area contributed by atoms with E-state index in [2.05, 4.69) is 5.32 Å². The Bertz CT molecular complexity index is 594. The van der Waals surface area contributed by atoms with Gasteiger partial charge < -0.3 is 5.32 Å². The maximum Gasteiger partial charge on any atom is 0.416 e. The lowest BCUT2D eigenvalue weighted by molar-refractivity contribution is -0.138. The molecule has 0 bridgehead atoms. The van der Waals surface area contributed by atoms with Gasteiger partial charge >= 0.3 is 6.18 Å². The van der Waals surface area contributed by atoms with Crippen molar-refractivity contribution < 1.29 is 18.0 Å². The highest BCUT2D eigenvalue weighted by Gasteiger charge is 2.33. The van der Waals surface area contributed by atoms with Crippen LogP contribution in [0.25, 0.3) is 0 Å². The van der Waals surface area contributed by atoms with Crippen molar-refractivity contribution >= 4 is 11.6 Å². The second-order valence-corrected chi connectivity index (χ2v) is 4.25. The molecule has 0 unspecified atom stereocenters. The SMILES string of the molecule is O=C(Cc1ccccc1C(F)(F)F)Nc1ccccc1. The Kier molecular flexibility index (Phi) is 4.08. The largest absolute Gasteiger partial charge is 0.416 e. The second kappa shape index (κ2) is 5.77. The second-order valence-electron chi connectivity index (χ2n) is 4.25. The summed E-state index contributed by atoms with van der Waals surface area (Å²) in [5.41, 5.74) is -0.251. The third-order valence-electron chi connectivity index (χ3n) is 2.73. The van der Waals surface area contributed by atoms with Crippen LogP contribution in [0.5, 0.6) is 0 Å². The molecule has 20 heavy (non-hydrogen) atoms. The average molecular weight is 279 g/mol. The summed E-state index contributed by atoms with van der Waals surface area (Å²) in [6.45, 7) is 0. The van der Waals surface area contributed by atoms with E-state index in [-0.39, 0.29) is 12.0 Å². The summed E-state index contributed by atoms with van der Waals surface area (Å²) in [5, 5.41) is 2.56. The van der Waals surface area contributed by atoms with Crippen LogP contribution >= 0.6 is 0 Å². The van der Waals surface area contributed by atoms with Gasteiger partial charge in [0.25, 0.3) is 0 Å². The van der Waals surface area contributed by atoms with Gasteiger partial charge in [-0.05, 0) is 23.8 Å². The van der Waals surface area contributed by atoms with Gasteiger partial charge in [0, 0.05) is 5.69 Å². The van der Waals surface area contributed by atoms with Gasteiger partial charge in [-0.15, -0.1) is 0 Å². The first-order chi connectivity index (χ1) is 9.47. The number of anilines is 1. The number of amides is 1. The summed E-state index contributed by atoms with van der Waals surface area (Å²) in [6, 6.07) is 13.7. The number of alkyl halides is 3. The molecule has 2 nitrogen and oxygen atoms in total. The van der Waals surface area contributed by atoms with Gasteiger partial charge in [0.2, 0.25) is 5.91 Å². The van der Waals surface area contributed by atoms with Crippen molar-refractivity contribution in [2.75, 3.05) is 5.32 Å². The number of carbonyl (C=O) groups is 1. The van der Waals surface area contributed by atoms with Crippen LogP contribution < -0.4 is 5.32 Å². The first kappa shape index (κ1) is 14.1. The van der Waals surface area contributed by atoms with E-state index in [1.54, 1.807) is 30.3 Å². The first-order valence-electron chi connectivity index (χ1n) is 5.97. The predicted octanol–water partition coefficient (Wildman–Crippen LogP) is 3.89. The van der Waals surface area contributed by atoms with Crippen LogP contribution in [-0.4, -0.2) is 5.91 Å². The van der Waals surface area contributed by atoms with Crippen molar-refractivity contribution in [3.8, 4) is 0 Å². The maximum atomic E-state index is 12.8. The third kappa shape index (κ3) is 3.60. The fourth-order valence-electron chi connectivity index (χ4n) is 1.85. The molecule has 0 saturated heterocycles.